The first-order valence-corrected chi connectivity index (χ1v) is 8.83. The van der Waals surface area contributed by atoms with Crippen molar-refractivity contribution in [3.05, 3.63) is 35.9 Å². The molecule has 2 rings (SSSR count). The highest BCUT2D eigenvalue weighted by atomic mass is 16.6. The first-order chi connectivity index (χ1) is 12.7. The van der Waals surface area contributed by atoms with Crippen LogP contribution >= 0.6 is 0 Å². The van der Waals surface area contributed by atoms with Crippen LogP contribution in [0, 0.1) is 5.92 Å². The summed E-state index contributed by atoms with van der Waals surface area (Å²) in [5.41, 5.74) is 0.154. The van der Waals surface area contributed by atoms with Crippen LogP contribution in [0.4, 0.5) is 9.59 Å². The molecule has 0 bridgehead atoms. The van der Waals surface area contributed by atoms with Gasteiger partial charge < -0.3 is 24.8 Å². The van der Waals surface area contributed by atoms with Gasteiger partial charge in [0.25, 0.3) is 0 Å². The highest BCUT2D eigenvalue weighted by Crippen LogP contribution is 2.20. The minimum atomic E-state index is -1.02. The maximum Gasteiger partial charge on any atom is 0.410 e. The highest BCUT2D eigenvalue weighted by Gasteiger charge is 2.38. The molecule has 1 aliphatic rings. The number of carboxylic acid groups (broad SMARTS) is 1. The standard InChI is InChI=1S/C19H26N2O6/c1-19(2,3)27-17(24)20-15-11-21(10-9-14(15)16(22)23)18(25)26-12-13-7-5-4-6-8-13/h4-8,14-15H,9-12H2,1-3H3,(H,20,24)(H,22,23)/t14-,15-/m0/s1. The van der Waals surface area contributed by atoms with Crippen molar-refractivity contribution in [1.29, 1.82) is 0 Å². The molecule has 2 N–H and O–H groups in total. The van der Waals surface area contributed by atoms with Gasteiger partial charge in [0.15, 0.2) is 0 Å². The monoisotopic (exact) mass is 378 g/mol. The molecular weight excluding hydrogens is 352 g/mol. The van der Waals surface area contributed by atoms with E-state index >= 15 is 0 Å². The van der Waals surface area contributed by atoms with E-state index in [1.54, 1.807) is 20.8 Å². The van der Waals surface area contributed by atoms with Crippen molar-refractivity contribution < 1.29 is 29.0 Å². The van der Waals surface area contributed by atoms with E-state index in [9.17, 15) is 19.5 Å². The quantitative estimate of drug-likeness (QED) is 0.834. The summed E-state index contributed by atoms with van der Waals surface area (Å²) in [5, 5.41) is 12.0. The molecule has 8 nitrogen and oxygen atoms in total. The number of hydrogen-bond donors (Lipinski definition) is 2. The lowest BCUT2D eigenvalue weighted by molar-refractivity contribution is -0.144. The van der Waals surface area contributed by atoms with Crippen molar-refractivity contribution >= 4 is 18.2 Å². The summed E-state index contributed by atoms with van der Waals surface area (Å²) in [4.78, 5) is 37.2. The second-order valence-corrected chi connectivity index (χ2v) is 7.47. The molecule has 1 heterocycles. The largest absolute Gasteiger partial charge is 0.481 e. The fourth-order valence-electron chi connectivity index (χ4n) is 2.83. The summed E-state index contributed by atoms with van der Waals surface area (Å²) in [6.07, 6.45) is -1.03. The predicted molar refractivity (Wildman–Crippen MR) is 97.1 cm³/mol. The van der Waals surface area contributed by atoms with E-state index in [-0.39, 0.29) is 26.1 Å². The Bertz CT molecular complexity index is 671. The molecule has 1 saturated heterocycles. The Balaban J connectivity index is 1.96. The number of alkyl carbamates (subject to hydrolysis) is 1. The fourth-order valence-corrected chi connectivity index (χ4v) is 2.83. The highest BCUT2D eigenvalue weighted by molar-refractivity contribution is 5.75. The first-order valence-electron chi connectivity index (χ1n) is 8.83. The van der Waals surface area contributed by atoms with Crippen LogP contribution in [0.25, 0.3) is 0 Å². The molecule has 0 aromatic heterocycles. The molecule has 1 aromatic rings. The topological polar surface area (TPSA) is 105 Å². The van der Waals surface area contributed by atoms with Crippen LogP contribution in [0.2, 0.25) is 0 Å². The van der Waals surface area contributed by atoms with Gasteiger partial charge in [-0.15, -0.1) is 0 Å². The van der Waals surface area contributed by atoms with Crippen LogP contribution in [-0.2, 0) is 20.9 Å². The predicted octanol–water partition coefficient (Wildman–Crippen LogP) is 2.62. The molecule has 2 atom stereocenters. The van der Waals surface area contributed by atoms with E-state index in [1.807, 2.05) is 30.3 Å². The summed E-state index contributed by atoms with van der Waals surface area (Å²) < 4.78 is 10.5. The van der Waals surface area contributed by atoms with Gasteiger partial charge in [-0.25, -0.2) is 9.59 Å². The molecule has 0 spiro atoms. The number of carbonyl (C=O) groups excluding carboxylic acids is 2. The Hall–Kier alpha value is -2.77. The Morgan fingerprint density at radius 3 is 2.48 bits per heavy atom. The Morgan fingerprint density at radius 1 is 1.22 bits per heavy atom. The maximum atomic E-state index is 12.3. The molecule has 1 aliphatic heterocycles. The zero-order chi connectivity index (χ0) is 20.0. The Labute approximate surface area is 158 Å². The number of carboxylic acids is 1. The van der Waals surface area contributed by atoms with Crippen LogP contribution in [0.3, 0.4) is 0 Å². The van der Waals surface area contributed by atoms with Gasteiger partial charge in [-0.2, -0.15) is 0 Å². The third kappa shape index (κ3) is 6.47. The summed E-state index contributed by atoms with van der Waals surface area (Å²) in [7, 11) is 0. The first kappa shape index (κ1) is 20.5. The minimum Gasteiger partial charge on any atom is -0.481 e. The summed E-state index contributed by atoms with van der Waals surface area (Å²) >= 11 is 0. The number of aliphatic carboxylic acids is 1. The van der Waals surface area contributed by atoms with Gasteiger partial charge in [0.2, 0.25) is 0 Å². The van der Waals surface area contributed by atoms with E-state index < -0.39 is 35.7 Å². The smallest absolute Gasteiger partial charge is 0.410 e. The zero-order valence-electron chi connectivity index (χ0n) is 15.8. The second-order valence-electron chi connectivity index (χ2n) is 7.47. The molecule has 148 valence electrons. The summed E-state index contributed by atoms with van der Waals surface area (Å²) in [6, 6.07) is 8.50. The van der Waals surface area contributed by atoms with Gasteiger partial charge in [-0.05, 0) is 32.8 Å². The summed E-state index contributed by atoms with van der Waals surface area (Å²) in [6.45, 7) is 5.57. The number of benzene rings is 1. The molecule has 0 saturated carbocycles. The number of nitrogens with zero attached hydrogens (tertiary/aromatic N) is 1. The number of ether oxygens (including phenoxy) is 2. The number of likely N-dealkylation sites (tertiary alicyclic amines) is 1. The van der Waals surface area contributed by atoms with Crippen LogP contribution < -0.4 is 5.32 Å². The molecule has 8 heteroatoms. The van der Waals surface area contributed by atoms with Gasteiger partial charge in [0.05, 0.1) is 12.0 Å². The number of piperidine rings is 1. The van der Waals surface area contributed by atoms with Crippen molar-refractivity contribution in [2.75, 3.05) is 13.1 Å². The van der Waals surface area contributed by atoms with E-state index in [4.69, 9.17) is 9.47 Å². The van der Waals surface area contributed by atoms with Gasteiger partial charge in [-0.3, -0.25) is 4.79 Å². The van der Waals surface area contributed by atoms with Crippen LogP contribution in [0.15, 0.2) is 30.3 Å². The molecule has 27 heavy (non-hydrogen) atoms. The van der Waals surface area contributed by atoms with Gasteiger partial charge in [-0.1, -0.05) is 30.3 Å². The number of nitrogens with one attached hydrogen (secondary N) is 1. The number of rotatable bonds is 4. The van der Waals surface area contributed by atoms with E-state index in [1.165, 1.54) is 4.90 Å². The van der Waals surface area contributed by atoms with Crippen molar-refractivity contribution in [2.24, 2.45) is 5.92 Å². The van der Waals surface area contributed by atoms with Crippen LogP contribution in [0.1, 0.15) is 32.8 Å². The Morgan fingerprint density at radius 2 is 1.89 bits per heavy atom. The minimum absolute atomic E-state index is 0.0455. The second kappa shape index (κ2) is 8.75. The van der Waals surface area contributed by atoms with Gasteiger partial charge in [0, 0.05) is 13.1 Å². The molecule has 2 amide bonds. The van der Waals surface area contributed by atoms with E-state index in [2.05, 4.69) is 5.32 Å². The third-order valence-electron chi connectivity index (χ3n) is 4.10. The van der Waals surface area contributed by atoms with Crippen molar-refractivity contribution in [1.82, 2.24) is 10.2 Å². The SMILES string of the molecule is CC(C)(C)OC(=O)N[C@H]1CN(C(=O)OCc2ccccc2)CC[C@@H]1C(=O)O. The number of carbonyl (C=O) groups is 3. The lowest BCUT2D eigenvalue weighted by atomic mass is 9.92. The van der Waals surface area contributed by atoms with Crippen LogP contribution in [-0.4, -0.2) is 52.9 Å². The molecule has 1 aromatic carbocycles. The summed E-state index contributed by atoms with van der Waals surface area (Å²) in [5.74, 6) is -1.82. The maximum absolute atomic E-state index is 12.3. The average molecular weight is 378 g/mol. The normalized spacial score (nSPS) is 19.9. The van der Waals surface area contributed by atoms with Gasteiger partial charge >= 0.3 is 18.2 Å². The molecule has 0 unspecified atom stereocenters. The van der Waals surface area contributed by atoms with E-state index in [0.29, 0.717) is 0 Å². The van der Waals surface area contributed by atoms with E-state index in [0.717, 1.165) is 5.56 Å². The number of hydrogen-bond acceptors (Lipinski definition) is 5. The molecule has 1 fully saturated rings. The lowest BCUT2D eigenvalue weighted by Gasteiger charge is -2.36. The van der Waals surface area contributed by atoms with Crippen molar-refractivity contribution in [2.45, 2.75) is 45.4 Å². The fraction of sp³-hybridized carbons (Fsp3) is 0.526. The lowest BCUT2D eigenvalue weighted by Crippen LogP contribution is -2.56. The molecule has 0 aliphatic carbocycles. The van der Waals surface area contributed by atoms with Crippen LogP contribution in [0.5, 0.6) is 0 Å². The molecule has 0 radical (unpaired) electrons. The average Bonchev–Trinajstić information content (AvgIpc) is 2.58. The van der Waals surface area contributed by atoms with Crippen molar-refractivity contribution in [3.63, 3.8) is 0 Å². The zero-order valence-corrected chi connectivity index (χ0v) is 15.8. The third-order valence-corrected chi connectivity index (χ3v) is 4.10. The molecular formula is C19H26N2O6. The van der Waals surface area contributed by atoms with Crippen molar-refractivity contribution in [3.8, 4) is 0 Å². The number of amides is 2. The Kier molecular flexibility index (Phi) is 6.65. The van der Waals surface area contributed by atoms with Gasteiger partial charge in [0.1, 0.15) is 12.2 Å².